The first-order chi connectivity index (χ1) is 8.81. The fourth-order valence-electron chi connectivity index (χ4n) is 2.56. The van der Waals surface area contributed by atoms with Crippen molar-refractivity contribution in [1.82, 2.24) is 9.55 Å². The highest BCUT2D eigenvalue weighted by atomic mass is 16.5. The van der Waals surface area contributed by atoms with Gasteiger partial charge >= 0.3 is 0 Å². The molecular weight excluding hydrogens is 226 g/mol. The van der Waals surface area contributed by atoms with Crippen molar-refractivity contribution < 1.29 is 4.74 Å². The first kappa shape index (κ1) is 11.3. The van der Waals surface area contributed by atoms with Crippen LogP contribution in [-0.4, -0.2) is 22.7 Å². The van der Waals surface area contributed by atoms with Crippen molar-refractivity contribution in [2.45, 2.75) is 12.3 Å². The first-order valence-electron chi connectivity index (χ1n) is 6.23. The molecule has 0 spiro atoms. The van der Waals surface area contributed by atoms with Crippen LogP contribution in [0.4, 0.5) is 0 Å². The highest BCUT2D eigenvalue weighted by Gasteiger charge is 2.23. The maximum absolute atomic E-state index is 5.87. The maximum Gasteiger partial charge on any atom is 0.132 e. The molecular formula is C14H17N3O. The van der Waals surface area contributed by atoms with E-state index in [-0.39, 0.29) is 0 Å². The summed E-state index contributed by atoms with van der Waals surface area (Å²) in [6.07, 6.45) is 4.67. The predicted octanol–water partition coefficient (Wildman–Crippen LogP) is 1.91. The van der Waals surface area contributed by atoms with Gasteiger partial charge in [0.15, 0.2) is 0 Å². The Labute approximate surface area is 106 Å². The number of hydrogen-bond acceptors (Lipinski definition) is 3. The summed E-state index contributed by atoms with van der Waals surface area (Å²) in [6.45, 7) is 1.41. The summed E-state index contributed by atoms with van der Waals surface area (Å²) in [4.78, 5) is 4.17. The molecule has 3 rings (SSSR count). The molecule has 0 bridgehead atoms. The van der Waals surface area contributed by atoms with E-state index in [0.29, 0.717) is 12.5 Å². The number of fused-ring (bicyclic) bond motifs is 1. The molecule has 2 aromatic rings. The number of nitrogens with two attached hydrogens (primary N) is 1. The van der Waals surface area contributed by atoms with Gasteiger partial charge in [-0.15, -0.1) is 0 Å². The fourth-order valence-corrected chi connectivity index (χ4v) is 2.56. The molecule has 0 amide bonds. The molecule has 0 radical (unpaired) electrons. The van der Waals surface area contributed by atoms with Gasteiger partial charge in [-0.3, -0.25) is 0 Å². The number of para-hydroxylation sites is 1. The van der Waals surface area contributed by atoms with Gasteiger partial charge in [0.2, 0.25) is 0 Å². The van der Waals surface area contributed by atoms with Crippen molar-refractivity contribution in [2.75, 3.05) is 13.2 Å². The quantitative estimate of drug-likeness (QED) is 0.876. The molecule has 0 saturated heterocycles. The van der Waals surface area contributed by atoms with Gasteiger partial charge in [0.05, 0.1) is 24.8 Å². The lowest BCUT2D eigenvalue weighted by molar-refractivity contribution is 0.270. The number of ether oxygens (including phenoxy) is 1. The Balaban J connectivity index is 2.15. The normalized spacial score (nSPS) is 18.2. The molecule has 2 N–H and O–H groups in total. The molecule has 1 aromatic heterocycles. The monoisotopic (exact) mass is 243 g/mol. The molecule has 18 heavy (non-hydrogen) atoms. The Morgan fingerprint density at radius 3 is 3.11 bits per heavy atom. The van der Waals surface area contributed by atoms with Crippen LogP contribution in [0.15, 0.2) is 30.7 Å². The minimum Gasteiger partial charge on any atom is -0.493 e. The number of benzene rings is 1. The third-order valence-corrected chi connectivity index (χ3v) is 3.58. The molecule has 4 nitrogen and oxygen atoms in total. The van der Waals surface area contributed by atoms with Crippen molar-refractivity contribution in [3.8, 4) is 17.0 Å². The van der Waals surface area contributed by atoms with Crippen LogP contribution in [0.1, 0.15) is 17.9 Å². The van der Waals surface area contributed by atoms with E-state index in [1.54, 1.807) is 6.33 Å². The van der Waals surface area contributed by atoms with E-state index >= 15 is 0 Å². The molecule has 1 aliphatic heterocycles. The third kappa shape index (κ3) is 1.69. The molecule has 0 unspecified atom stereocenters. The fraction of sp³-hybridized carbons (Fsp3) is 0.357. The molecule has 0 fully saturated rings. The van der Waals surface area contributed by atoms with E-state index in [2.05, 4.69) is 23.2 Å². The van der Waals surface area contributed by atoms with Crippen LogP contribution in [0.2, 0.25) is 0 Å². The average molecular weight is 243 g/mol. The zero-order chi connectivity index (χ0) is 12.5. The van der Waals surface area contributed by atoms with Crippen molar-refractivity contribution >= 4 is 0 Å². The van der Waals surface area contributed by atoms with Crippen molar-refractivity contribution in [3.63, 3.8) is 0 Å². The summed E-state index contributed by atoms with van der Waals surface area (Å²) in [7, 11) is 1.99. The van der Waals surface area contributed by atoms with Gasteiger partial charge in [-0.05, 0) is 24.6 Å². The minimum atomic E-state index is 0.405. The van der Waals surface area contributed by atoms with Crippen molar-refractivity contribution in [1.29, 1.82) is 0 Å². The highest BCUT2D eigenvalue weighted by molar-refractivity contribution is 5.70. The molecule has 1 aliphatic rings. The SMILES string of the molecule is Cn1cncc1-c1cccc2c1OCC[C@H]2CN. The average Bonchev–Trinajstić information content (AvgIpc) is 2.83. The lowest BCUT2D eigenvalue weighted by atomic mass is 9.91. The van der Waals surface area contributed by atoms with Gasteiger partial charge < -0.3 is 15.0 Å². The number of imidazole rings is 1. The summed E-state index contributed by atoms with van der Waals surface area (Å²) >= 11 is 0. The Hall–Kier alpha value is -1.81. The van der Waals surface area contributed by atoms with E-state index in [9.17, 15) is 0 Å². The molecule has 1 aromatic carbocycles. The second-order valence-electron chi connectivity index (χ2n) is 4.68. The van der Waals surface area contributed by atoms with Gasteiger partial charge in [0.1, 0.15) is 5.75 Å². The third-order valence-electron chi connectivity index (χ3n) is 3.58. The lowest BCUT2D eigenvalue weighted by Gasteiger charge is -2.26. The highest BCUT2D eigenvalue weighted by Crippen LogP contribution is 2.40. The van der Waals surface area contributed by atoms with Crippen LogP contribution in [-0.2, 0) is 7.05 Å². The summed E-state index contributed by atoms with van der Waals surface area (Å²) in [6, 6.07) is 6.26. The summed E-state index contributed by atoms with van der Waals surface area (Å²) in [5, 5.41) is 0. The smallest absolute Gasteiger partial charge is 0.132 e. The zero-order valence-electron chi connectivity index (χ0n) is 10.5. The molecule has 2 heterocycles. The number of hydrogen-bond donors (Lipinski definition) is 1. The largest absolute Gasteiger partial charge is 0.493 e. The van der Waals surface area contributed by atoms with Crippen LogP contribution in [0.3, 0.4) is 0 Å². The maximum atomic E-state index is 5.87. The Morgan fingerprint density at radius 1 is 1.50 bits per heavy atom. The second kappa shape index (κ2) is 4.46. The number of aromatic nitrogens is 2. The van der Waals surface area contributed by atoms with Crippen molar-refractivity contribution in [3.05, 3.63) is 36.3 Å². The van der Waals surface area contributed by atoms with Gasteiger partial charge in [-0.25, -0.2) is 4.98 Å². The van der Waals surface area contributed by atoms with Crippen LogP contribution in [0.5, 0.6) is 5.75 Å². The lowest BCUT2D eigenvalue weighted by Crippen LogP contribution is -2.21. The predicted molar refractivity (Wildman–Crippen MR) is 70.6 cm³/mol. The number of nitrogens with zero attached hydrogens (tertiary/aromatic N) is 2. The second-order valence-corrected chi connectivity index (χ2v) is 4.68. The van der Waals surface area contributed by atoms with Gasteiger partial charge in [-0.1, -0.05) is 12.1 Å². The molecule has 0 aliphatic carbocycles. The topological polar surface area (TPSA) is 53.1 Å². The van der Waals surface area contributed by atoms with Gasteiger partial charge in [0.25, 0.3) is 0 Å². The zero-order valence-corrected chi connectivity index (χ0v) is 10.5. The Morgan fingerprint density at radius 2 is 2.39 bits per heavy atom. The Bertz CT molecular complexity index is 562. The molecule has 1 atom stereocenters. The van der Waals surface area contributed by atoms with Crippen LogP contribution in [0, 0.1) is 0 Å². The van der Waals surface area contributed by atoms with Crippen LogP contribution >= 0.6 is 0 Å². The first-order valence-corrected chi connectivity index (χ1v) is 6.23. The van der Waals surface area contributed by atoms with Gasteiger partial charge in [-0.2, -0.15) is 0 Å². The van der Waals surface area contributed by atoms with E-state index in [1.807, 2.05) is 17.8 Å². The standard InChI is InChI=1S/C14H17N3O/c1-17-9-16-8-13(17)12-4-2-3-11-10(7-15)5-6-18-14(11)12/h2-4,8-10H,5-7,15H2,1H3/t10-/m0/s1. The minimum absolute atomic E-state index is 0.405. The molecule has 4 heteroatoms. The van der Waals surface area contributed by atoms with E-state index in [0.717, 1.165) is 30.0 Å². The number of aryl methyl sites for hydroxylation is 1. The van der Waals surface area contributed by atoms with Crippen LogP contribution < -0.4 is 10.5 Å². The Kier molecular flexibility index (Phi) is 2.80. The molecule has 94 valence electrons. The van der Waals surface area contributed by atoms with E-state index in [4.69, 9.17) is 10.5 Å². The summed E-state index contributed by atoms with van der Waals surface area (Å²) in [5.74, 6) is 1.38. The van der Waals surface area contributed by atoms with E-state index in [1.165, 1.54) is 5.56 Å². The van der Waals surface area contributed by atoms with Crippen LogP contribution in [0.25, 0.3) is 11.3 Å². The molecule has 0 saturated carbocycles. The summed E-state index contributed by atoms with van der Waals surface area (Å²) in [5.41, 5.74) is 9.24. The van der Waals surface area contributed by atoms with Crippen molar-refractivity contribution in [2.24, 2.45) is 12.8 Å². The van der Waals surface area contributed by atoms with E-state index < -0.39 is 0 Å². The summed E-state index contributed by atoms with van der Waals surface area (Å²) < 4.78 is 7.87. The number of rotatable bonds is 2. The van der Waals surface area contributed by atoms with Gasteiger partial charge in [0, 0.05) is 18.5 Å².